The summed E-state index contributed by atoms with van der Waals surface area (Å²) in [5.74, 6) is 0.673. The highest BCUT2D eigenvalue weighted by Crippen LogP contribution is 2.38. The lowest BCUT2D eigenvalue weighted by Gasteiger charge is -2.33. The van der Waals surface area contributed by atoms with Crippen LogP contribution in [0.4, 0.5) is 14.7 Å². The van der Waals surface area contributed by atoms with E-state index in [0.717, 1.165) is 16.5 Å². The highest BCUT2D eigenvalue weighted by molar-refractivity contribution is 5.82. The topological polar surface area (TPSA) is 86.9 Å². The molecule has 0 unspecified atom stereocenters. The van der Waals surface area contributed by atoms with Gasteiger partial charge in [-0.3, -0.25) is 0 Å². The molecule has 1 aliphatic rings. The molecule has 4 aromatic heterocycles. The van der Waals surface area contributed by atoms with Gasteiger partial charge in [-0.15, -0.1) is 5.10 Å². The highest BCUT2D eigenvalue weighted by atomic mass is 19.3. The first-order chi connectivity index (χ1) is 14.2. The molecule has 4 heterocycles. The van der Waals surface area contributed by atoms with E-state index in [-0.39, 0.29) is 5.95 Å². The van der Waals surface area contributed by atoms with Gasteiger partial charge in [-0.1, -0.05) is 20.3 Å². The fourth-order valence-electron chi connectivity index (χ4n) is 3.64. The molecule has 0 saturated heterocycles. The zero-order valence-corrected chi connectivity index (χ0v) is 17.3. The SMILES string of the molecule is CC1(C)CCC1.Cc1nc2ccc(-c3ccn4nc(N)ncc34)nc2n1CC(F)F. The third kappa shape index (κ3) is 3.96. The second-order valence-electron chi connectivity index (χ2n) is 8.39. The molecule has 30 heavy (non-hydrogen) atoms. The van der Waals surface area contributed by atoms with Crippen molar-refractivity contribution in [3.63, 3.8) is 0 Å². The Morgan fingerprint density at radius 2 is 1.90 bits per heavy atom. The first kappa shape index (κ1) is 20.2. The summed E-state index contributed by atoms with van der Waals surface area (Å²) >= 11 is 0. The Balaban J connectivity index is 0.000000313. The van der Waals surface area contributed by atoms with Crippen molar-refractivity contribution in [1.82, 2.24) is 29.1 Å². The highest BCUT2D eigenvalue weighted by Gasteiger charge is 2.25. The minimum absolute atomic E-state index is 0.165. The summed E-state index contributed by atoms with van der Waals surface area (Å²) in [6.07, 6.45) is 5.24. The monoisotopic (exact) mass is 413 g/mol. The van der Waals surface area contributed by atoms with Gasteiger partial charge in [0, 0.05) is 11.8 Å². The Hall–Kier alpha value is -3.10. The fourth-order valence-corrected chi connectivity index (χ4v) is 3.64. The Morgan fingerprint density at radius 3 is 2.53 bits per heavy atom. The number of pyridine rings is 1. The molecule has 0 aliphatic heterocycles. The van der Waals surface area contributed by atoms with Crippen molar-refractivity contribution in [2.45, 2.75) is 53.0 Å². The molecular formula is C21H25F2N7. The van der Waals surface area contributed by atoms with E-state index in [4.69, 9.17) is 5.73 Å². The first-order valence-corrected chi connectivity index (χ1v) is 9.96. The number of imidazole rings is 1. The average Bonchev–Trinajstić information content (AvgIpc) is 3.21. The van der Waals surface area contributed by atoms with Crippen LogP contribution < -0.4 is 5.73 Å². The lowest BCUT2D eigenvalue weighted by Crippen LogP contribution is -2.20. The summed E-state index contributed by atoms with van der Waals surface area (Å²) in [4.78, 5) is 12.8. The lowest BCUT2D eigenvalue weighted by atomic mass is 9.72. The van der Waals surface area contributed by atoms with Crippen molar-refractivity contribution in [2.75, 3.05) is 5.73 Å². The number of aryl methyl sites for hydroxylation is 1. The Morgan fingerprint density at radius 1 is 1.17 bits per heavy atom. The van der Waals surface area contributed by atoms with Gasteiger partial charge >= 0.3 is 0 Å². The molecule has 0 spiro atoms. The molecule has 0 amide bonds. The lowest BCUT2D eigenvalue weighted by molar-refractivity contribution is 0.127. The van der Waals surface area contributed by atoms with E-state index in [0.29, 0.717) is 22.7 Å². The van der Waals surface area contributed by atoms with Crippen LogP contribution in [-0.4, -0.2) is 35.6 Å². The van der Waals surface area contributed by atoms with E-state index in [1.165, 1.54) is 23.8 Å². The van der Waals surface area contributed by atoms with Gasteiger partial charge in [-0.25, -0.2) is 28.2 Å². The first-order valence-electron chi connectivity index (χ1n) is 9.96. The van der Waals surface area contributed by atoms with Crippen molar-refractivity contribution in [1.29, 1.82) is 0 Å². The Bertz CT molecular complexity index is 1190. The molecule has 158 valence electrons. The van der Waals surface area contributed by atoms with Gasteiger partial charge in [0.1, 0.15) is 11.3 Å². The second-order valence-corrected chi connectivity index (χ2v) is 8.39. The molecule has 5 rings (SSSR count). The fraction of sp³-hybridized carbons (Fsp3) is 0.429. The quantitative estimate of drug-likeness (QED) is 0.535. The number of rotatable bonds is 3. The molecule has 0 radical (unpaired) electrons. The van der Waals surface area contributed by atoms with Crippen molar-refractivity contribution in [3.05, 3.63) is 36.4 Å². The zero-order valence-electron chi connectivity index (χ0n) is 17.3. The predicted octanol–water partition coefficient (Wildman–Crippen LogP) is 4.49. The molecule has 4 aromatic rings. The van der Waals surface area contributed by atoms with Crippen molar-refractivity contribution in [3.8, 4) is 11.3 Å². The number of halogens is 2. The summed E-state index contributed by atoms with van der Waals surface area (Å²) < 4.78 is 28.7. The van der Waals surface area contributed by atoms with Crippen LogP contribution in [-0.2, 0) is 6.54 Å². The van der Waals surface area contributed by atoms with Crippen molar-refractivity contribution in [2.24, 2.45) is 5.41 Å². The van der Waals surface area contributed by atoms with E-state index in [1.54, 1.807) is 36.0 Å². The summed E-state index contributed by atoms with van der Waals surface area (Å²) in [7, 11) is 0. The molecule has 1 aliphatic carbocycles. The molecule has 0 bridgehead atoms. The summed E-state index contributed by atoms with van der Waals surface area (Å²) in [5.41, 5.74) is 9.47. The minimum atomic E-state index is -2.47. The Labute approximate surface area is 173 Å². The standard InChI is InChI=1S/C15H13F2N7.C6H12/c1-8-20-11-3-2-10(21-14(11)23(8)7-13(16)17)9-4-5-24-12(9)6-19-15(18)22-24;1-6(2)4-3-5-6/h2-6,13H,7H2,1H3,(H2,18,22);3-5H2,1-2H3. The molecular weight excluding hydrogens is 388 g/mol. The summed E-state index contributed by atoms with van der Waals surface area (Å²) in [6.45, 7) is 5.91. The van der Waals surface area contributed by atoms with E-state index < -0.39 is 13.0 Å². The van der Waals surface area contributed by atoms with Gasteiger partial charge in [0.05, 0.1) is 24.0 Å². The van der Waals surface area contributed by atoms with Crippen molar-refractivity contribution < 1.29 is 8.78 Å². The number of alkyl halides is 2. The third-order valence-electron chi connectivity index (χ3n) is 5.52. The van der Waals surface area contributed by atoms with Gasteiger partial charge in [0.2, 0.25) is 5.95 Å². The van der Waals surface area contributed by atoms with Crippen LogP contribution in [0.25, 0.3) is 27.9 Å². The zero-order chi connectivity index (χ0) is 21.5. The largest absolute Gasteiger partial charge is 0.367 e. The number of nitrogens with zero attached hydrogens (tertiary/aromatic N) is 6. The smallest absolute Gasteiger partial charge is 0.256 e. The van der Waals surface area contributed by atoms with Gasteiger partial charge in [-0.2, -0.15) is 0 Å². The van der Waals surface area contributed by atoms with Crippen molar-refractivity contribution >= 4 is 22.6 Å². The van der Waals surface area contributed by atoms with E-state index in [1.807, 2.05) is 6.07 Å². The van der Waals surface area contributed by atoms with Crippen LogP contribution >= 0.6 is 0 Å². The van der Waals surface area contributed by atoms with Gasteiger partial charge in [0.25, 0.3) is 6.43 Å². The Kier molecular flexibility index (Phi) is 5.13. The molecule has 1 fully saturated rings. The van der Waals surface area contributed by atoms with E-state index >= 15 is 0 Å². The molecule has 0 atom stereocenters. The van der Waals surface area contributed by atoms with Gasteiger partial charge in [-0.05, 0) is 43.4 Å². The average molecular weight is 413 g/mol. The predicted molar refractivity (Wildman–Crippen MR) is 112 cm³/mol. The molecule has 0 aromatic carbocycles. The number of anilines is 1. The number of nitrogens with two attached hydrogens (primary N) is 1. The maximum Gasteiger partial charge on any atom is 0.256 e. The molecule has 1 saturated carbocycles. The number of nitrogen functional groups attached to an aromatic ring is 1. The third-order valence-corrected chi connectivity index (χ3v) is 5.52. The van der Waals surface area contributed by atoms with E-state index in [2.05, 4.69) is 33.9 Å². The summed E-state index contributed by atoms with van der Waals surface area (Å²) in [6, 6.07) is 5.40. The van der Waals surface area contributed by atoms with Crippen LogP contribution in [0.2, 0.25) is 0 Å². The van der Waals surface area contributed by atoms with Crippen LogP contribution in [0, 0.1) is 12.3 Å². The van der Waals surface area contributed by atoms with Gasteiger partial charge < -0.3 is 10.3 Å². The molecule has 7 nitrogen and oxygen atoms in total. The molecule has 2 N–H and O–H groups in total. The summed E-state index contributed by atoms with van der Waals surface area (Å²) in [5, 5.41) is 4.08. The van der Waals surface area contributed by atoms with Crippen LogP contribution in [0.3, 0.4) is 0 Å². The number of fused-ring (bicyclic) bond motifs is 2. The number of aromatic nitrogens is 6. The normalized spacial score (nSPS) is 15.3. The van der Waals surface area contributed by atoms with Crippen LogP contribution in [0.5, 0.6) is 0 Å². The van der Waals surface area contributed by atoms with Gasteiger partial charge in [0.15, 0.2) is 5.65 Å². The minimum Gasteiger partial charge on any atom is -0.367 e. The second kappa shape index (κ2) is 7.62. The number of hydrogen-bond donors (Lipinski definition) is 1. The van der Waals surface area contributed by atoms with Crippen LogP contribution in [0.1, 0.15) is 38.9 Å². The number of hydrogen-bond acceptors (Lipinski definition) is 5. The van der Waals surface area contributed by atoms with E-state index in [9.17, 15) is 8.78 Å². The van der Waals surface area contributed by atoms with Crippen LogP contribution in [0.15, 0.2) is 30.6 Å². The maximum absolute atomic E-state index is 12.8. The molecule has 9 heteroatoms. The maximum atomic E-state index is 12.8.